The predicted molar refractivity (Wildman–Crippen MR) is 115 cm³/mol. The van der Waals surface area contributed by atoms with Gasteiger partial charge in [0.15, 0.2) is 0 Å². The van der Waals surface area contributed by atoms with Crippen LogP contribution in [0.25, 0.3) is 0 Å². The lowest BCUT2D eigenvalue weighted by Gasteiger charge is -2.50. The zero-order chi connectivity index (χ0) is 21.2. The van der Waals surface area contributed by atoms with Crippen LogP contribution in [0.1, 0.15) is 64.9 Å². The van der Waals surface area contributed by atoms with E-state index in [0.717, 1.165) is 31.2 Å². The van der Waals surface area contributed by atoms with Crippen molar-refractivity contribution in [2.45, 2.75) is 70.9 Å². The molecule has 1 saturated heterocycles. The highest BCUT2D eigenvalue weighted by molar-refractivity contribution is 6.30. The Kier molecular flexibility index (Phi) is 6.59. The van der Waals surface area contributed by atoms with Crippen LogP contribution in [0.4, 0.5) is 0 Å². The van der Waals surface area contributed by atoms with E-state index in [1.165, 1.54) is 0 Å². The van der Waals surface area contributed by atoms with Crippen molar-refractivity contribution in [2.75, 3.05) is 13.1 Å². The molecule has 0 aromatic heterocycles. The van der Waals surface area contributed by atoms with Crippen LogP contribution in [0.15, 0.2) is 24.3 Å². The normalized spacial score (nSPS) is 25.6. The monoisotopic (exact) mass is 420 g/mol. The van der Waals surface area contributed by atoms with Gasteiger partial charge in [0.05, 0.1) is 5.60 Å². The van der Waals surface area contributed by atoms with E-state index in [0.29, 0.717) is 24.5 Å². The van der Waals surface area contributed by atoms with Crippen molar-refractivity contribution < 1.29 is 14.7 Å². The summed E-state index contributed by atoms with van der Waals surface area (Å²) in [5.41, 5.74) is -0.696. The molecule has 2 amide bonds. The van der Waals surface area contributed by atoms with E-state index < -0.39 is 11.0 Å². The highest BCUT2D eigenvalue weighted by atomic mass is 35.5. The number of likely N-dealkylation sites (tertiary alicyclic amines) is 1. The number of carbonyl (C=O) groups excluding carboxylic acids is 2. The molecular formula is C23H33ClN2O3. The maximum absolute atomic E-state index is 12.9. The zero-order valence-corrected chi connectivity index (χ0v) is 18.5. The standard InChI is InChI=1S/C23H33ClN2O3/c1-16(25-21(28)17-6-4-5-7-17)14-20(27)26-13-12-23(29,22(2,3)15-26)18-8-10-19(24)11-9-18/h8-11,16-17,29H,4-7,12-15H2,1-3H3,(H,25,28)/t16-,23+/m1/s1. The Morgan fingerprint density at radius 1 is 1.24 bits per heavy atom. The van der Waals surface area contributed by atoms with E-state index in [9.17, 15) is 14.7 Å². The molecule has 0 unspecified atom stereocenters. The van der Waals surface area contributed by atoms with Gasteiger partial charge in [-0.1, -0.05) is 50.4 Å². The lowest BCUT2D eigenvalue weighted by atomic mass is 9.66. The van der Waals surface area contributed by atoms with Gasteiger partial charge in [0.1, 0.15) is 0 Å². The number of benzene rings is 1. The van der Waals surface area contributed by atoms with Gasteiger partial charge >= 0.3 is 0 Å². The summed E-state index contributed by atoms with van der Waals surface area (Å²) in [5, 5.41) is 15.1. The van der Waals surface area contributed by atoms with Crippen LogP contribution in [0.2, 0.25) is 5.02 Å². The first-order chi connectivity index (χ1) is 13.6. The topological polar surface area (TPSA) is 69.6 Å². The number of amides is 2. The molecular weight excluding hydrogens is 388 g/mol. The SMILES string of the molecule is C[C@H](CC(=O)N1CC[C@](O)(c2ccc(Cl)cc2)C(C)(C)C1)NC(=O)C1CCCC1. The summed E-state index contributed by atoms with van der Waals surface area (Å²) in [6, 6.07) is 7.12. The third-order valence-corrected chi connectivity index (χ3v) is 6.97. The van der Waals surface area contributed by atoms with Gasteiger partial charge in [-0.15, -0.1) is 0 Å². The molecule has 5 nitrogen and oxygen atoms in total. The predicted octanol–water partition coefficient (Wildman–Crippen LogP) is 3.87. The molecule has 1 heterocycles. The average molecular weight is 421 g/mol. The molecule has 0 spiro atoms. The fourth-order valence-electron chi connectivity index (χ4n) is 4.79. The average Bonchev–Trinajstić information content (AvgIpc) is 3.19. The van der Waals surface area contributed by atoms with Crippen molar-refractivity contribution in [1.29, 1.82) is 0 Å². The van der Waals surface area contributed by atoms with Crippen molar-refractivity contribution >= 4 is 23.4 Å². The van der Waals surface area contributed by atoms with E-state index >= 15 is 0 Å². The molecule has 160 valence electrons. The van der Waals surface area contributed by atoms with Crippen LogP contribution >= 0.6 is 11.6 Å². The molecule has 2 aliphatic rings. The molecule has 2 N–H and O–H groups in total. The maximum Gasteiger partial charge on any atom is 0.224 e. The zero-order valence-electron chi connectivity index (χ0n) is 17.7. The summed E-state index contributed by atoms with van der Waals surface area (Å²) < 4.78 is 0. The number of carbonyl (C=O) groups is 2. The third kappa shape index (κ3) is 4.77. The lowest BCUT2D eigenvalue weighted by Crippen LogP contribution is -2.57. The second kappa shape index (κ2) is 8.65. The molecule has 3 rings (SSSR count). The summed E-state index contributed by atoms with van der Waals surface area (Å²) in [4.78, 5) is 27.0. The number of hydrogen-bond donors (Lipinski definition) is 2. The van der Waals surface area contributed by atoms with Crippen molar-refractivity contribution in [3.63, 3.8) is 0 Å². The van der Waals surface area contributed by atoms with E-state index in [4.69, 9.17) is 11.6 Å². The number of rotatable bonds is 5. The van der Waals surface area contributed by atoms with Gasteiger partial charge in [0, 0.05) is 41.9 Å². The molecule has 2 atom stereocenters. The third-order valence-electron chi connectivity index (χ3n) is 6.72. The molecule has 29 heavy (non-hydrogen) atoms. The van der Waals surface area contributed by atoms with Gasteiger partial charge in [0.25, 0.3) is 0 Å². The van der Waals surface area contributed by atoms with Gasteiger partial charge in [-0.2, -0.15) is 0 Å². The van der Waals surface area contributed by atoms with Crippen LogP contribution in [-0.2, 0) is 15.2 Å². The highest BCUT2D eigenvalue weighted by Gasteiger charge is 2.49. The summed E-state index contributed by atoms with van der Waals surface area (Å²) in [6.45, 7) is 6.83. The van der Waals surface area contributed by atoms with Crippen molar-refractivity contribution in [3.8, 4) is 0 Å². The summed E-state index contributed by atoms with van der Waals surface area (Å²) in [7, 11) is 0. The fourth-order valence-corrected chi connectivity index (χ4v) is 4.91. The van der Waals surface area contributed by atoms with Crippen LogP contribution in [-0.4, -0.2) is 41.0 Å². The molecule has 0 radical (unpaired) electrons. The van der Waals surface area contributed by atoms with Crippen LogP contribution in [0, 0.1) is 11.3 Å². The fraction of sp³-hybridized carbons (Fsp3) is 0.652. The first-order valence-corrected chi connectivity index (χ1v) is 11.1. The minimum absolute atomic E-state index is 0.0236. The summed E-state index contributed by atoms with van der Waals surface area (Å²) in [6.07, 6.45) is 4.89. The Hall–Kier alpha value is -1.59. The van der Waals surface area contributed by atoms with Gasteiger partial charge in [0.2, 0.25) is 11.8 Å². The van der Waals surface area contributed by atoms with Crippen molar-refractivity contribution in [3.05, 3.63) is 34.9 Å². The van der Waals surface area contributed by atoms with Crippen LogP contribution in [0.3, 0.4) is 0 Å². The Morgan fingerprint density at radius 3 is 2.45 bits per heavy atom. The first-order valence-electron chi connectivity index (χ1n) is 10.7. The van der Waals surface area contributed by atoms with Crippen LogP contribution in [0.5, 0.6) is 0 Å². The number of halogens is 1. The van der Waals surface area contributed by atoms with E-state index in [2.05, 4.69) is 5.32 Å². The first kappa shape index (κ1) is 22.1. The molecule has 1 aromatic carbocycles. The van der Waals surface area contributed by atoms with Crippen LogP contribution < -0.4 is 5.32 Å². The second-order valence-corrected chi connectivity index (χ2v) is 9.85. The molecule has 1 aliphatic carbocycles. The summed E-state index contributed by atoms with van der Waals surface area (Å²) >= 11 is 5.99. The quantitative estimate of drug-likeness (QED) is 0.759. The Balaban J connectivity index is 1.59. The highest BCUT2D eigenvalue weighted by Crippen LogP contribution is 2.46. The van der Waals surface area contributed by atoms with E-state index in [-0.39, 0.29) is 30.2 Å². The largest absolute Gasteiger partial charge is 0.384 e. The lowest BCUT2D eigenvalue weighted by molar-refractivity contribution is -0.153. The smallest absolute Gasteiger partial charge is 0.224 e. The Bertz CT molecular complexity index is 743. The maximum atomic E-state index is 12.9. The molecule has 6 heteroatoms. The van der Waals surface area contributed by atoms with Crippen molar-refractivity contribution in [1.82, 2.24) is 10.2 Å². The minimum Gasteiger partial charge on any atom is -0.384 e. The Labute approximate surface area is 178 Å². The number of aliphatic hydroxyl groups is 1. The summed E-state index contributed by atoms with van der Waals surface area (Å²) in [5.74, 6) is 0.213. The molecule has 1 aliphatic heterocycles. The van der Waals surface area contributed by atoms with Gasteiger partial charge in [-0.25, -0.2) is 0 Å². The second-order valence-electron chi connectivity index (χ2n) is 9.41. The van der Waals surface area contributed by atoms with Gasteiger partial charge in [-0.05, 0) is 43.9 Å². The van der Waals surface area contributed by atoms with Gasteiger partial charge < -0.3 is 15.3 Å². The van der Waals surface area contributed by atoms with E-state index in [1.54, 1.807) is 12.1 Å². The number of nitrogens with one attached hydrogen (secondary N) is 1. The number of hydrogen-bond acceptors (Lipinski definition) is 3. The Morgan fingerprint density at radius 2 is 1.86 bits per heavy atom. The van der Waals surface area contributed by atoms with Crippen molar-refractivity contribution in [2.24, 2.45) is 11.3 Å². The molecule has 2 fully saturated rings. The molecule has 0 bridgehead atoms. The number of nitrogens with zero attached hydrogens (tertiary/aromatic N) is 1. The number of piperidine rings is 1. The molecule has 1 saturated carbocycles. The minimum atomic E-state index is -1.02. The molecule has 1 aromatic rings. The van der Waals surface area contributed by atoms with E-state index in [1.807, 2.05) is 37.8 Å². The van der Waals surface area contributed by atoms with Gasteiger partial charge in [-0.3, -0.25) is 9.59 Å².